The van der Waals surface area contributed by atoms with Gasteiger partial charge in [-0.05, 0) is 29.9 Å². The number of benzene rings is 1. The van der Waals surface area contributed by atoms with Crippen molar-refractivity contribution in [1.29, 1.82) is 5.26 Å². The van der Waals surface area contributed by atoms with Gasteiger partial charge in [-0.2, -0.15) is 17.0 Å². The van der Waals surface area contributed by atoms with E-state index in [-0.39, 0.29) is 0 Å². The molecule has 0 radical (unpaired) electrons. The SMILES string of the molecule is COCCCSCc1cccc(C#N)c1. The molecule has 0 aromatic heterocycles. The number of nitrogens with zero attached hydrogens (tertiary/aromatic N) is 1. The Balaban J connectivity index is 2.28. The first-order valence-corrected chi connectivity index (χ1v) is 6.08. The fourth-order valence-electron chi connectivity index (χ4n) is 1.23. The Morgan fingerprint density at radius 2 is 2.33 bits per heavy atom. The molecule has 0 atom stereocenters. The van der Waals surface area contributed by atoms with Crippen molar-refractivity contribution < 1.29 is 4.74 Å². The van der Waals surface area contributed by atoms with Crippen LogP contribution in [0.1, 0.15) is 17.5 Å². The van der Waals surface area contributed by atoms with Crippen LogP contribution in [-0.4, -0.2) is 19.5 Å². The van der Waals surface area contributed by atoms with E-state index < -0.39 is 0 Å². The molecular weight excluding hydrogens is 206 g/mol. The van der Waals surface area contributed by atoms with Crippen molar-refractivity contribution in [2.75, 3.05) is 19.5 Å². The largest absolute Gasteiger partial charge is 0.385 e. The van der Waals surface area contributed by atoms with Gasteiger partial charge in [-0.25, -0.2) is 0 Å². The van der Waals surface area contributed by atoms with Gasteiger partial charge in [0.25, 0.3) is 0 Å². The van der Waals surface area contributed by atoms with E-state index in [0.29, 0.717) is 0 Å². The zero-order valence-electron chi connectivity index (χ0n) is 8.90. The van der Waals surface area contributed by atoms with Crippen LogP contribution in [0.25, 0.3) is 0 Å². The molecule has 0 fully saturated rings. The zero-order chi connectivity index (χ0) is 10.9. The number of nitriles is 1. The lowest BCUT2D eigenvalue weighted by atomic mass is 10.2. The highest BCUT2D eigenvalue weighted by molar-refractivity contribution is 7.98. The topological polar surface area (TPSA) is 33.0 Å². The molecule has 0 unspecified atom stereocenters. The number of ether oxygens (including phenoxy) is 1. The number of rotatable bonds is 6. The van der Waals surface area contributed by atoms with Crippen molar-refractivity contribution in [3.8, 4) is 6.07 Å². The first kappa shape index (κ1) is 12.1. The van der Waals surface area contributed by atoms with Crippen LogP contribution in [0.15, 0.2) is 24.3 Å². The number of hydrogen-bond acceptors (Lipinski definition) is 3. The monoisotopic (exact) mass is 221 g/mol. The van der Waals surface area contributed by atoms with Gasteiger partial charge in [0.2, 0.25) is 0 Å². The van der Waals surface area contributed by atoms with Crippen LogP contribution in [0.2, 0.25) is 0 Å². The third-order valence-electron chi connectivity index (χ3n) is 1.96. The Kier molecular flexibility index (Phi) is 5.91. The summed E-state index contributed by atoms with van der Waals surface area (Å²) in [4.78, 5) is 0. The molecule has 0 heterocycles. The molecule has 0 saturated heterocycles. The van der Waals surface area contributed by atoms with Crippen molar-refractivity contribution in [2.45, 2.75) is 12.2 Å². The van der Waals surface area contributed by atoms with Gasteiger partial charge >= 0.3 is 0 Å². The van der Waals surface area contributed by atoms with Gasteiger partial charge in [0.05, 0.1) is 11.6 Å². The Morgan fingerprint density at radius 3 is 3.07 bits per heavy atom. The highest BCUT2D eigenvalue weighted by Crippen LogP contribution is 2.14. The second-order valence-corrected chi connectivity index (χ2v) is 4.32. The van der Waals surface area contributed by atoms with Gasteiger partial charge in [-0.15, -0.1) is 0 Å². The van der Waals surface area contributed by atoms with E-state index in [4.69, 9.17) is 10.00 Å². The number of methoxy groups -OCH3 is 1. The van der Waals surface area contributed by atoms with Crippen LogP contribution >= 0.6 is 11.8 Å². The fraction of sp³-hybridized carbons (Fsp3) is 0.417. The summed E-state index contributed by atoms with van der Waals surface area (Å²) in [6.07, 6.45) is 1.08. The molecule has 1 rings (SSSR count). The molecule has 3 heteroatoms. The summed E-state index contributed by atoms with van der Waals surface area (Å²) in [5, 5.41) is 8.73. The van der Waals surface area contributed by atoms with Crippen molar-refractivity contribution in [2.24, 2.45) is 0 Å². The molecule has 2 nitrogen and oxygen atoms in total. The fourth-order valence-corrected chi connectivity index (χ4v) is 2.11. The molecule has 1 aromatic carbocycles. The van der Waals surface area contributed by atoms with Crippen molar-refractivity contribution in [1.82, 2.24) is 0 Å². The summed E-state index contributed by atoms with van der Waals surface area (Å²) < 4.78 is 4.97. The summed E-state index contributed by atoms with van der Waals surface area (Å²) >= 11 is 1.88. The highest BCUT2D eigenvalue weighted by Gasteiger charge is 1.95. The standard InChI is InChI=1S/C12H15NOS/c1-14-6-3-7-15-10-12-5-2-4-11(8-12)9-13/h2,4-5,8H,3,6-7,10H2,1H3. The lowest BCUT2D eigenvalue weighted by Gasteiger charge is -2.02. The summed E-state index contributed by atoms with van der Waals surface area (Å²) in [7, 11) is 1.72. The van der Waals surface area contributed by atoms with Crippen LogP contribution in [0.5, 0.6) is 0 Å². The summed E-state index contributed by atoms with van der Waals surface area (Å²) in [5.74, 6) is 2.07. The Hall–Kier alpha value is -0.980. The molecule has 0 spiro atoms. The lowest BCUT2D eigenvalue weighted by Crippen LogP contribution is -1.91. The second kappa shape index (κ2) is 7.33. The van der Waals surface area contributed by atoms with E-state index in [1.54, 1.807) is 7.11 Å². The molecule has 0 N–H and O–H groups in total. The molecular formula is C12H15NOS. The second-order valence-electron chi connectivity index (χ2n) is 3.21. The van der Waals surface area contributed by atoms with Gasteiger partial charge < -0.3 is 4.74 Å². The average molecular weight is 221 g/mol. The normalized spacial score (nSPS) is 9.87. The average Bonchev–Trinajstić information content (AvgIpc) is 2.29. The van der Waals surface area contributed by atoms with Crippen molar-refractivity contribution >= 4 is 11.8 Å². The van der Waals surface area contributed by atoms with E-state index in [1.807, 2.05) is 30.0 Å². The number of thioether (sulfide) groups is 1. The van der Waals surface area contributed by atoms with Crippen LogP contribution in [0, 0.1) is 11.3 Å². The van der Waals surface area contributed by atoms with Crippen LogP contribution in [0.3, 0.4) is 0 Å². The van der Waals surface area contributed by atoms with E-state index in [2.05, 4.69) is 12.1 Å². The lowest BCUT2D eigenvalue weighted by molar-refractivity contribution is 0.200. The van der Waals surface area contributed by atoms with Gasteiger partial charge in [0.15, 0.2) is 0 Å². The summed E-state index contributed by atoms with van der Waals surface area (Å²) in [6, 6.07) is 9.92. The maximum absolute atomic E-state index is 8.73. The van der Waals surface area contributed by atoms with E-state index in [9.17, 15) is 0 Å². The third-order valence-corrected chi connectivity index (χ3v) is 3.08. The smallest absolute Gasteiger partial charge is 0.0991 e. The molecule has 0 aliphatic heterocycles. The quantitative estimate of drug-likeness (QED) is 0.692. The molecule has 0 aliphatic rings. The minimum absolute atomic E-state index is 0.741. The van der Waals surface area contributed by atoms with Crippen molar-refractivity contribution in [3.05, 3.63) is 35.4 Å². The van der Waals surface area contributed by atoms with Gasteiger partial charge in [-0.3, -0.25) is 0 Å². The van der Waals surface area contributed by atoms with E-state index in [1.165, 1.54) is 5.56 Å². The number of hydrogen-bond donors (Lipinski definition) is 0. The van der Waals surface area contributed by atoms with Crippen molar-refractivity contribution in [3.63, 3.8) is 0 Å². The van der Waals surface area contributed by atoms with Gasteiger partial charge in [0.1, 0.15) is 0 Å². The molecule has 0 bridgehead atoms. The summed E-state index contributed by atoms with van der Waals surface area (Å²) in [6.45, 7) is 0.825. The predicted molar refractivity (Wildman–Crippen MR) is 63.8 cm³/mol. The first-order valence-electron chi connectivity index (χ1n) is 4.92. The molecule has 0 saturated carbocycles. The molecule has 80 valence electrons. The van der Waals surface area contributed by atoms with E-state index in [0.717, 1.165) is 30.1 Å². The summed E-state index contributed by atoms with van der Waals surface area (Å²) in [5.41, 5.74) is 1.96. The first-order chi connectivity index (χ1) is 7.36. The molecule has 0 amide bonds. The minimum atomic E-state index is 0.741. The maximum Gasteiger partial charge on any atom is 0.0991 e. The van der Waals surface area contributed by atoms with Crippen LogP contribution in [0.4, 0.5) is 0 Å². The molecule has 15 heavy (non-hydrogen) atoms. The van der Waals surface area contributed by atoms with Gasteiger partial charge in [0, 0.05) is 19.5 Å². The predicted octanol–water partition coefficient (Wildman–Crippen LogP) is 2.83. The minimum Gasteiger partial charge on any atom is -0.385 e. The zero-order valence-corrected chi connectivity index (χ0v) is 9.72. The maximum atomic E-state index is 8.73. The van der Waals surface area contributed by atoms with E-state index >= 15 is 0 Å². The molecule has 1 aromatic rings. The highest BCUT2D eigenvalue weighted by atomic mass is 32.2. The van der Waals surface area contributed by atoms with Crippen LogP contribution in [-0.2, 0) is 10.5 Å². The van der Waals surface area contributed by atoms with Gasteiger partial charge in [-0.1, -0.05) is 12.1 Å². The Labute approximate surface area is 95.3 Å². The van der Waals surface area contributed by atoms with Crippen LogP contribution < -0.4 is 0 Å². The molecule has 0 aliphatic carbocycles. The third kappa shape index (κ3) is 4.87. The Morgan fingerprint density at radius 1 is 1.47 bits per heavy atom. The Bertz CT molecular complexity index is 333.